The minimum absolute atomic E-state index is 0.0586. The van der Waals surface area contributed by atoms with Gasteiger partial charge in [-0.15, -0.1) is 0 Å². The average molecular weight is 394 g/mol. The number of hydrogen-bond acceptors (Lipinski definition) is 4. The summed E-state index contributed by atoms with van der Waals surface area (Å²) in [4.78, 5) is 6.73. The molecule has 1 saturated heterocycles. The molecule has 144 valence electrons. The van der Waals surface area contributed by atoms with Gasteiger partial charge in [0, 0.05) is 32.0 Å². The van der Waals surface area contributed by atoms with Crippen molar-refractivity contribution in [2.24, 2.45) is 0 Å². The molecular formula is C22H23N3O2S. The molecule has 2 aromatic heterocycles. The van der Waals surface area contributed by atoms with E-state index in [4.69, 9.17) is 21.4 Å². The van der Waals surface area contributed by atoms with Crippen LogP contribution in [0, 0.1) is 0 Å². The zero-order chi connectivity index (χ0) is 19.3. The Kier molecular flexibility index (Phi) is 5.69. The van der Waals surface area contributed by atoms with Crippen LogP contribution >= 0.6 is 12.2 Å². The van der Waals surface area contributed by atoms with Crippen LogP contribution in [0.3, 0.4) is 0 Å². The van der Waals surface area contributed by atoms with Gasteiger partial charge < -0.3 is 19.4 Å². The number of furan rings is 1. The molecule has 2 atom stereocenters. The van der Waals surface area contributed by atoms with Gasteiger partial charge in [0.15, 0.2) is 5.11 Å². The quantitative estimate of drug-likeness (QED) is 0.476. The Morgan fingerprint density at radius 1 is 1.11 bits per heavy atom. The summed E-state index contributed by atoms with van der Waals surface area (Å²) in [6.07, 6.45) is 2.69. The van der Waals surface area contributed by atoms with Crippen LogP contribution < -0.4 is 5.32 Å². The summed E-state index contributed by atoms with van der Waals surface area (Å²) in [6, 6.07) is 20.0. The Morgan fingerprint density at radius 3 is 2.68 bits per heavy atom. The second-order valence-electron chi connectivity index (χ2n) is 6.73. The van der Waals surface area contributed by atoms with Crippen molar-refractivity contribution in [1.82, 2.24) is 15.2 Å². The highest BCUT2D eigenvalue weighted by Crippen LogP contribution is 2.40. The number of rotatable bonds is 7. The molecular weight excluding hydrogens is 370 g/mol. The second kappa shape index (κ2) is 8.54. The van der Waals surface area contributed by atoms with Crippen LogP contribution in [0.4, 0.5) is 0 Å². The largest absolute Gasteiger partial charge is 0.459 e. The van der Waals surface area contributed by atoms with E-state index in [0.717, 1.165) is 40.9 Å². The van der Waals surface area contributed by atoms with Crippen molar-refractivity contribution in [3.63, 3.8) is 0 Å². The molecule has 4 rings (SSSR count). The molecule has 0 amide bonds. The maximum Gasteiger partial charge on any atom is 0.170 e. The van der Waals surface area contributed by atoms with Crippen molar-refractivity contribution in [2.45, 2.75) is 18.5 Å². The maximum atomic E-state index is 6.29. The van der Waals surface area contributed by atoms with E-state index in [-0.39, 0.29) is 12.1 Å². The number of nitrogens with one attached hydrogen (secondary N) is 1. The maximum absolute atomic E-state index is 6.29. The zero-order valence-corrected chi connectivity index (χ0v) is 16.6. The lowest BCUT2D eigenvalue weighted by atomic mass is 10.0. The number of methoxy groups -OCH3 is 1. The van der Waals surface area contributed by atoms with Gasteiger partial charge in [0.05, 0.1) is 11.7 Å². The lowest BCUT2D eigenvalue weighted by molar-refractivity contribution is 0.177. The highest BCUT2D eigenvalue weighted by molar-refractivity contribution is 7.80. The van der Waals surface area contributed by atoms with E-state index in [2.05, 4.69) is 15.2 Å². The van der Waals surface area contributed by atoms with Gasteiger partial charge in [-0.25, -0.2) is 0 Å². The Balaban J connectivity index is 1.68. The van der Waals surface area contributed by atoms with E-state index in [9.17, 15) is 0 Å². The van der Waals surface area contributed by atoms with Crippen molar-refractivity contribution in [3.8, 4) is 11.3 Å². The van der Waals surface area contributed by atoms with Crippen LogP contribution in [0.5, 0.6) is 0 Å². The molecule has 5 nitrogen and oxygen atoms in total. The monoisotopic (exact) mass is 393 g/mol. The summed E-state index contributed by atoms with van der Waals surface area (Å²) in [7, 11) is 1.72. The first-order valence-electron chi connectivity index (χ1n) is 9.40. The van der Waals surface area contributed by atoms with Crippen molar-refractivity contribution in [2.75, 3.05) is 20.3 Å². The van der Waals surface area contributed by atoms with E-state index in [0.29, 0.717) is 6.61 Å². The molecule has 0 bridgehead atoms. The Bertz CT molecular complexity index is 914. The van der Waals surface area contributed by atoms with Crippen LogP contribution in [0.1, 0.15) is 30.0 Å². The molecule has 0 radical (unpaired) electrons. The van der Waals surface area contributed by atoms with Gasteiger partial charge in [-0.2, -0.15) is 0 Å². The SMILES string of the molecule is COCCCN1C(=S)N[C@H](c2ccccn2)[C@H]1c1ccc(-c2ccccc2)o1. The first-order valence-corrected chi connectivity index (χ1v) is 9.81. The van der Waals surface area contributed by atoms with Crippen LogP contribution in [-0.2, 0) is 4.74 Å². The van der Waals surface area contributed by atoms with Gasteiger partial charge in [-0.3, -0.25) is 4.98 Å². The van der Waals surface area contributed by atoms with E-state index in [1.807, 2.05) is 66.9 Å². The summed E-state index contributed by atoms with van der Waals surface area (Å²) < 4.78 is 11.5. The molecule has 1 fully saturated rings. The molecule has 0 aliphatic carbocycles. The van der Waals surface area contributed by atoms with Crippen molar-refractivity contribution >= 4 is 17.3 Å². The third-order valence-electron chi connectivity index (χ3n) is 4.92. The molecule has 3 heterocycles. The fraction of sp³-hybridized carbons (Fsp3) is 0.273. The number of pyridine rings is 1. The average Bonchev–Trinajstić information content (AvgIpc) is 3.35. The summed E-state index contributed by atoms with van der Waals surface area (Å²) in [5, 5.41) is 4.16. The zero-order valence-electron chi connectivity index (χ0n) is 15.7. The normalized spacial score (nSPS) is 19.0. The smallest absolute Gasteiger partial charge is 0.170 e. The Labute approximate surface area is 170 Å². The molecule has 3 aromatic rings. The van der Waals surface area contributed by atoms with Crippen molar-refractivity contribution in [1.29, 1.82) is 0 Å². The number of thiocarbonyl (C=S) groups is 1. The van der Waals surface area contributed by atoms with Crippen molar-refractivity contribution in [3.05, 3.63) is 78.3 Å². The number of benzene rings is 1. The molecule has 28 heavy (non-hydrogen) atoms. The van der Waals surface area contributed by atoms with Gasteiger partial charge in [0.1, 0.15) is 17.6 Å². The minimum Gasteiger partial charge on any atom is -0.459 e. The van der Waals surface area contributed by atoms with Gasteiger partial charge in [-0.05, 0) is 42.9 Å². The molecule has 1 aliphatic rings. The molecule has 0 spiro atoms. The topological polar surface area (TPSA) is 50.5 Å². The number of hydrogen-bond donors (Lipinski definition) is 1. The molecule has 1 aliphatic heterocycles. The number of aromatic nitrogens is 1. The summed E-state index contributed by atoms with van der Waals surface area (Å²) >= 11 is 5.65. The van der Waals surface area contributed by atoms with Crippen LogP contribution in [0.2, 0.25) is 0 Å². The fourth-order valence-electron chi connectivity index (χ4n) is 3.60. The molecule has 0 saturated carbocycles. The minimum atomic E-state index is -0.0639. The van der Waals surface area contributed by atoms with E-state index >= 15 is 0 Å². The third-order valence-corrected chi connectivity index (χ3v) is 5.27. The predicted molar refractivity (Wildman–Crippen MR) is 113 cm³/mol. The molecule has 0 unspecified atom stereocenters. The Hall–Kier alpha value is -2.70. The molecule has 1 aromatic carbocycles. The summed E-state index contributed by atoms with van der Waals surface area (Å²) in [5.41, 5.74) is 2.00. The van der Waals surface area contributed by atoms with Gasteiger partial charge in [-0.1, -0.05) is 36.4 Å². The standard InChI is InChI=1S/C22H23N3O2S/c1-26-15-7-14-25-21(20(24-22(25)28)17-10-5-6-13-23-17)19-12-11-18(27-19)16-8-3-2-4-9-16/h2-6,8-13,20-21H,7,14-15H2,1H3,(H,24,28)/t20-,21-/m1/s1. The first-order chi connectivity index (χ1) is 13.8. The lowest BCUT2D eigenvalue weighted by Gasteiger charge is -2.25. The fourth-order valence-corrected chi connectivity index (χ4v) is 3.94. The summed E-state index contributed by atoms with van der Waals surface area (Å²) in [5.74, 6) is 1.73. The second-order valence-corrected chi connectivity index (χ2v) is 7.12. The highest BCUT2D eigenvalue weighted by Gasteiger charge is 2.41. The Morgan fingerprint density at radius 2 is 1.93 bits per heavy atom. The third kappa shape index (κ3) is 3.79. The number of ether oxygens (including phenoxy) is 1. The predicted octanol–water partition coefficient (Wildman–Crippen LogP) is 4.35. The first kappa shape index (κ1) is 18.7. The van der Waals surface area contributed by atoms with Crippen molar-refractivity contribution < 1.29 is 9.15 Å². The van der Waals surface area contributed by atoms with E-state index < -0.39 is 0 Å². The number of nitrogens with zero attached hydrogens (tertiary/aromatic N) is 2. The van der Waals surface area contributed by atoms with Gasteiger partial charge in [0.25, 0.3) is 0 Å². The van der Waals surface area contributed by atoms with Gasteiger partial charge in [0.2, 0.25) is 0 Å². The van der Waals surface area contributed by atoms with E-state index in [1.165, 1.54) is 0 Å². The lowest BCUT2D eigenvalue weighted by Crippen LogP contribution is -2.31. The van der Waals surface area contributed by atoms with Crippen LogP contribution in [0.25, 0.3) is 11.3 Å². The molecule has 1 N–H and O–H groups in total. The van der Waals surface area contributed by atoms with E-state index in [1.54, 1.807) is 7.11 Å². The summed E-state index contributed by atoms with van der Waals surface area (Å²) in [6.45, 7) is 1.47. The van der Waals surface area contributed by atoms with Crippen LogP contribution in [-0.4, -0.2) is 35.3 Å². The van der Waals surface area contributed by atoms with Crippen LogP contribution in [0.15, 0.2) is 71.3 Å². The molecule has 6 heteroatoms. The van der Waals surface area contributed by atoms with Gasteiger partial charge >= 0.3 is 0 Å². The highest BCUT2D eigenvalue weighted by atomic mass is 32.1.